The van der Waals surface area contributed by atoms with Crippen molar-refractivity contribution in [1.82, 2.24) is 9.97 Å². The summed E-state index contributed by atoms with van der Waals surface area (Å²) in [5.41, 5.74) is 0.809. The first kappa shape index (κ1) is 21.4. The number of urea groups is 1. The zero-order chi connectivity index (χ0) is 22.7. The minimum Gasteiger partial charge on any atom is -0.494 e. The average molecular weight is 443 g/mol. The molecule has 7 nitrogen and oxygen atoms in total. The smallest absolute Gasteiger partial charge is 0.416 e. The zero-order valence-electron chi connectivity index (χ0n) is 17.1. The molecule has 0 fully saturated rings. The first-order chi connectivity index (χ1) is 15.4. The molecule has 10 heteroatoms. The predicted octanol–water partition coefficient (Wildman–Crippen LogP) is 5.03. The number of alkyl halides is 3. The van der Waals surface area contributed by atoms with Crippen molar-refractivity contribution in [3.8, 4) is 17.0 Å². The number of hydrogen-bond acceptors (Lipinski definition) is 5. The van der Waals surface area contributed by atoms with Gasteiger partial charge in [0.15, 0.2) is 5.82 Å². The van der Waals surface area contributed by atoms with Gasteiger partial charge in [-0.15, -0.1) is 0 Å². The summed E-state index contributed by atoms with van der Waals surface area (Å²) in [6.07, 6.45) is -0.729. The third kappa shape index (κ3) is 4.43. The number of carbonyl (C=O) groups excluding carboxylic acids is 1. The molecular formula is C22H20F3N5O2. The summed E-state index contributed by atoms with van der Waals surface area (Å²) in [4.78, 5) is 23.0. The van der Waals surface area contributed by atoms with Gasteiger partial charge in [0.25, 0.3) is 0 Å². The number of ether oxygens (including phenoxy) is 1. The maximum absolute atomic E-state index is 13.2. The van der Waals surface area contributed by atoms with Crippen LogP contribution in [0.1, 0.15) is 12.0 Å². The van der Waals surface area contributed by atoms with Crippen LogP contribution in [0.4, 0.5) is 35.2 Å². The van der Waals surface area contributed by atoms with Crippen LogP contribution in [0.3, 0.4) is 0 Å². The molecule has 1 aliphatic heterocycles. The fourth-order valence-electron chi connectivity index (χ4n) is 3.41. The lowest BCUT2D eigenvalue weighted by molar-refractivity contribution is -0.137. The minimum absolute atomic E-state index is 0.261. The van der Waals surface area contributed by atoms with E-state index in [1.165, 1.54) is 24.1 Å². The standard InChI is InChI=1S/C22H20F3N5O2/c1-32-18-13-17(14-4-2-5-15(12-14)22(23,24)25)29-20-19(18)27-8-3-11-30(20)21(31)28-16-6-9-26-10-7-16/h2,4-7,9-10,12-13,27H,3,8,11H2,1H3,(H,26,28,31). The van der Waals surface area contributed by atoms with Crippen LogP contribution in [0.2, 0.25) is 0 Å². The van der Waals surface area contributed by atoms with Crippen molar-refractivity contribution in [2.75, 3.05) is 35.7 Å². The Balaban J connectivity index is 1.78. The number of hydrogen-bond donors (Lipinski definition) is 2. The molecule has 0 bridgehead atoms. The van der Waals surface area contributed by atoms with E-state index in [9.17, 15) is 18.0 Å². The Morgan fingerprint density at radius 1 is 1.19 bits per heavy atom. The summed E-state index contributed by atoms with van der Waals surface area (Å²) in [5.74, 6) is 0.659. The normalized spacial score (nSPS) is 13.6. The van der Waals surface area contributed by atoms with Crippen LogP contribution in [-0.4, -0.2) is 36.2 Å². The Hall–Kier alpha value is -3.82. The summed E-state index contributed by atoms with van der Waals surface area (Å²) in [6, 6.07) is 9.34. The Kier molecular flexibility index (Phi) is 5.85. The van der Waals surface area contributed by atoms with Crippen molar-refractivity contribution in [3.63, 3.8) is 0 Å². The SMILES string of the molecule is COc1cc(-c2cccc(C(F)(F)F)c2)nc2c1NCCCN2C(=O)Nc1ccncc1. The number of halogens is 3. The third-order valence-electron chi connectivity index (χ3n) is 4.96. The van der Waals surface area contributed by atoms with E-state index in [0.717, 1.165) is 12.1 Å². The number of pyridine rings is 2. The van der Waals surface area contributed by atoms with Gasteiger partial charge in [-0.05, 0) is 30.7 Å². The molecule has 2 N–H and O–H groups in total. The van der Waals surface area contributed by atoms with Gasteiger partial charge in [0.1, 0.15) is 11.4 Å². The average Bonchev–Trinajstić information content (AvgIpc) is 3.01. The topological polar surface area (TPSA) is 79.4 Å². The fourth-order valence-corrected chi connectivity index (χ4v) is 3.41. The van der Waals surface area contributed by atoms with Gasteiger partial charge >= 0.3 is 12.2 Å². The summed E-state index contributed by atoms with van der Waals surface area (Å²) in [7, 11) is 1.46. The van der Waals surface area contributed by atoms with E-state index in [1.807, 2.05) is 0 Å². The second-order valence-corrected chi connectivity index (χ2v) is 7.08. The molecule has 3 heterocycles. The molecule has 0 saturated heterocycles. The minimum atomic E-state index is -4.48. The molecule has 0 unspecified atom stereocenters. The molecule has 0 aliphatic carbocycles. The summed E-state index contributed by atoms with van der Waals surface area (Å²) < 4.78 is 45.1. The maximum atomic E-state index is 13.2. The van der Waals surface area contributed by atoms with Gasteiger partial charge in [-0.3, -0.25) is 9.88 Å². The van der Waals surface area contributed by atoms with Gasteiger partial charge in [-0.25, -0.2) is 9.78 Å². The molecular weight excluding hydrogens is 423 g/mol. The molecule has 0 radical (unpaired) electrons. The van der Waals surface area contributed by atoms with Gasteiger partial charge in [-0.1, -0.05) is 12.1 Å². The molecule has 0 saturated carbocycles. The highest BCUT2D eigenvalue weighted by atomic mass is 19.4. The van der Waals surface area contributed by atoms with Gasteiger partial charge in [0.2, 0.25) is 0 Å². The molecule has 166 valence electrons. The Bertz CT molecular complexity index is 1120. The van der Waals surface area contributed by atoms with Gasteiger partial charge in [0, 0.05) is 42.8 Å². The molecule has 2 aromatic heterocycles. The van der Waals surface area contributed by atoms with E-state index in [4.69, 9.17) is 4.74 Å². The lowest BCUT2D eigenvalue weighted by Gasteiger charge is -2.23. The van der Waals surface area contributed by atoms with Crippen molar-refractivity contribution in [3.05, 3.63) is 60.4 Å². The highest BCUT2D eigenvalue weighted by Crippen LogP contribution is 2.40. The second-order valence-electron chi connectivity index (χ2n) is 7.08. The number of aromatic nitrogens is 2. The first-order valence-electron chi connectivity index (χ1n) is 9.86. The van der Waals surface area contributed by atoms with Crippen LogP contribution in [0.5, 0.6) is 5.75 Å². The number of methoxy groups -OCH3 is 1. The van der Waals surface area contributed by atoms with Gasteiger partial charge in [0.05, 0.1) is 18.4 Å². The number of nitrogens with one attached hydrogen (secondary N) is 2. The summed E-state index contributed by atoms with van der Waals surface area (Å²) >= 11 is 0. The van der Waals surface area contributed by atoms with Crippen LogP contribution in [0.25, 0.3) is 11.3 Å². The van der Waals surface area contributed by atoms with Crippen LogP contribution in [0.15, 0.2) is 54.9 Å². The quantitative estimate of drug-likeness (QED) is 0.594. The Morgan fingerprint density at radius 2 is 1.97 bits per heavy atom. The van der Waals surface area contributed by atoms with Crippen LogP contribution < -0.4 is 20.3 Å². The van der Waals surface area contributed by atoms with Crippen LogP contribution >= 0.6 is 0 Å². The number of amides is 2. The van der Waals surface area contributed by atoms with E-state index < -0.39 is 17.8 Å². The van der Waals surface area contributed by atoms with E-state index in [2.05, 4.69) is 20.6 Å². The lowest BCUT2D eigenvalue weighted by atomic mass is 10.1. The van der Waals surface area contributed by atoms with Crippen molar-refractivity contribution < 1.29 is 22.7 Å². The Labute approximate surface area is 182 Å². The highest BCUT2D eigenvalue weighted by Gasteiger charge is 2.31. The van der Waals surface area contributed by atoms with Gasteiger partial charge in [-0.2, -0.15) is 13.2 Å². The predicted molar refractivity (Wildman–Crippen MR) is 115 cm³/mol. The molecule has 3 aromatic rings. The van der Waals surface area contributed by atoms with Crippen molar-refractivity contribution >= 4 is 23.2 Å². The molecule has 2 amide bonds. The molecule has 4 rings (SSSR count). The zero-order valence-corrected chi connectivity index (χ0v) is 17.1. The monoisotopic (exact) mass is 443 g/mol. The Morgan fingerprint density at radius 3 is 2.69 bits per heavy atom. The molecule has 1 aromatic carbocycles. The third-order valence-corrected chi connectivity index (χ3v) is 4.96. The lowest BCUT2D eigenvalue weighted by Crippen LogP contribution is -2.36. The van der Waals surface area contributed by atoms with E-state index in [-0.39, 0.29) is 17.1 Å². The van der Waals surface area contributed by atoms with Crippen molar-refractivity contribution in [2.45, 2.75) is 12.6 Å². The maximum Gasteiger partial charge on any atom is 0.416 e. The van der Waals surface area contributed by atoms with E-state index in [0.29, 0.717) is 36.6 Å². The summed E-state index contributed by atoms with van der Waals surface area (Å²) in [5, 5.41) is 6.00. The molecule has 1 aliphatic rings. The van der Waals surface area contributed by atoms with Crippen LogP contribution in [0, 0.1) is 0 Å². The number of nitrogens with zero attached hydrogens (tertiary/aromatic N) is 3. The second kappa shape index (κ2) is 8.74. The number of fused-ring (bicyclic) bond motifs is 1. The molecule has 0 spiro atoms. The number of anilines is 3. The van der Waals surface area contributed by atoms with E-state index in [1.54, 1.807) is 30.6 Å². The number of benzene rings is 1. The highest BCUT2D eigenvalue weighted by molar-refractivity contribution is 6.04. The first-order valence-corrected chi connectivity index (χ1v) is 9.86. The van der Waals surface area contributed by atoms with Gasteiger partial charge < -0.3 is 15.4 Å². The summed E-state index contributed by atoms with van der Waals surface area (Å²) in [6.45, 7) is 0.937. The van der Waals surface area contributed by atoms with Crippen LogP contribution in [-0.2, 0) is 6.18 Å². The number of carbonyl (C=O) groups is 1. The van der Waals surface area contributed by atoms with Crippen molar-refractivity contribution in [1.29, 1.82) is 0 Å². The largest absolute Gasteiger partial charge is 0.494 e. The van der Waals surface area contributed by atoms with E-state index >= 15 is 0 Å². The van der Waals surface area contributed by atoms with Crippen molar-refractivity contribution in [2.24, 2.45) is 0 Å². The number of rotatable bonds is 3. The molecule has 0 atom stereocenters. The molecule has 32 heavy (non-hydrogen) atoms. The fraction of sp³-hybridized carbons (Fsp3) is 0.227.